The van der Waals surface area contributed by atoms with Crippen LogP contribution >= 0.6 is 10.6 Å². The first-order valence-electron chi connectivity index (χ1n) is 10.7. The highest BCUT2D eigenvalue weighted by Crippen LogP contribution is 2.53. The monoisotopic (exact) mass is 477 g/mol. The van der Waals surface area contributed by atoms with Crippen LogP contribution in [0.1, 0.15) is 23.6 Å². The van der Waals surface area contributed by atoms with Gasteiger partial charge in [-0.3, -0.25) is 23.6 Å². The van der Waals surface area contributed by atoms with Gasteiger partial charge in [-0.05, 0) is 41.8 Å². The molecule has 4 rings (SSSR count). The number of halogens is 1. The number of benzene rings is 2. The van der Waals surface area contributed by atoms with Crippen molar-refractivity contribution in [1.29, 1.82) is 0 Å². The standard InChI is InChI=1S/C23H28FN3O5S/c1-26(20(13-27-8-7-18(28)12-27)16-3-2-4-17(24)11-16)23(30)10-15-5-6-21-19(9-15)25-22(29)14-33(21,31)32/h2-6,9,11,18,20,28,31-32H,7-8,10,12-14H2,1H3,(H,25,29)/t18-,20+/m0/s1. The Morgan fingerprint density at radius 1 is 1.30 bits per heavy atom. The normalized spacial score (nSPS) is 21.7. The molecule has 0 aromatic heterocycles. The van der Waals surface area contributed by atoms with Gasteiger partial charge in [-0.2, -0.15) is 10.6 Å². The minimum absolute atomic E-state index is 0.0211. The highest BCUT2D eigenvalue weighted by molar-refractivity contribution is 8.25. The molecule has 0 radical (unpaired) electrons. The van der Waals surface area contributed by atoms with Crippen LogP contribution in [-0.2, 0) is 16.0 Å². The van der Waals surface area contributed by atoms with E-state index in [1.54, 1.807) is 36.2 Å². The number of nitrogens with zero attached hydrogens (tertiary/aromatic N) is 2. The Kier molecular flexibility index (Phi) is 6.73. The predicted octanol–water partition coefficient (Wildman–Crippen LogP) is 2.70. The number of likely N-dealkylation sites (tertiary alicyclic amines) is 1. The molecule has 0 aliphatic carbocycles. The first kappa shape index (κ1) is 23.7. The van der Waals surface area contributed by atoms with Crippen LogP contribution in [0.2, 0.25) is 0 Å². The fourth-order valence-corrected chi connectivity index (χ4v) is 5.72. The summed E-state index contributed by atoms with van der Waals surface area (Å²) < 4.78 is 34.3. The number of amides is 2. The number of nitrogens with one attached hydrogen (secondary N) is 1. The molecule has 0 saturated carbocycles. The van der Waals surface area contributed by atoms with Crippen LogP contribution in [0.25, 0.3) is 0 Å². The molecule has 0 bridgehead atoms. The van der Waals surface area contributed by atoms with Crippen LogP contribution in [0, 0.1) is 5.82 Å². The SMILES string of the molecule is CN(C(=O)Cc1ccc2c(c1)NC(=O)CS2(O)O)[C@H](CN1CC[C@H](O)C1)c1cccc(F)c1. The van der Waals surface area contributed by atoms with E-state index in [1.807, 2.05) is 0 Å². The van der Waals surface area contributed by atoms with Crippen molar-refractivity contribution in [1.82, 2.24) is 9.80 Å². The number of likely N-dealkylation sites (N-methyl/N-ethyl adjacent to an activating group) is 1. The maximum Gasteiger partial charge on any atom is 0.244 e. The Labute approximate surface area is 193 Å². The molecule has 4 N–H and O–H groups in total. The molecule has 10 heteroatoms. The predicted molar refractivity (Wildman–Crippen MR) is 124 cm³/mol. The third kappa shape index (κ3) is 5.36. The molecule has 8 nitrogen and oxygen atoms in total. The first-order valence-corrected chi connectivity index (χ1v) is 12.4. The lowest BCUT2D eigenvalue weighted by Crippen LogP contribution is -2.39. The van der Waals surface area contributed by atoms with Crippen molar-refractivity contribution in [2.75, 3.05) is 37.8 Å². The minimum atomic E-state index is -3.19. The molecule has 2 aliphatic rings. The number of carbonyl (C=O) groups excluding carboxylic acids is 2. The van der Waals surface area contributed by atoms with E-state index in [4.69, 9.17) is 0 Å². The summed E-state index contributed by atoms with van der Waals surface area (Å²) in [5.41, 5.74) is 1.57. The maximum absolute atomic E-state index is 13.9. The first-order chi connectivity index (χ1) is 15.6. The number of fused-ring (bicyclic) bond motifs is 1. The highest BCUT2D eigenvalue weighted by atomic mass is 32.3. The summed E-state index contributed by atoms with van der Waals surface area (Å²) in [4.78, 5) is 28.9. The lowest BCUT2D eigenvalue weighted by molar-refractivity contribution is -0.131. The molecule has 0 unspecified atom stereocenters. The fraction of sp³-hybridized carbons (Fsp3) is 0.391. The van der Waals surface area contributed by atoms with E-state index in [0.29, 0.717) is 42.9 Å². The van der Waals surface area contributed by atoms with E-state index < -0.39 is 28.6 Å². The van der Waals surface area contributed by atoms with Crippen LogP contribution in [-0.4, -0.2) is 74.4 Å². The lowest BCUT2D eigenvalue weighted by atomic mass is 10.0. The molecule has 33 heavy (non-hydrogen) atoms. The van der Waals surface area contributed by atoms with Gasteiger partial charge < -0.3 is 15.3 Å². The van der Waals surface area contributed by atoms with Gasteiger partial charge in [-0.25, -0.2) is 4.39 Å². The number of β-amino-alcohol motifs (C(OH)–C–C–N with tert-alkyl or cyclic N) is 1. The summed E-state index contributed by atoms with van der Waals surface area (Å²) in [6.07, 6.45) is 0.276. The molecule has 2 aliphatic heterocycles. The number of rotatable bonds is 6. The molecular weight excluding hydrogens is 449 g/mol. The number of aliphatic hydroxyl groups is 1. The average Bonchev–Trinajstić information content (AvgIpc) is 3.15. The number of hydrogen-bond donors (Lipinski definition) is 4. The van der Waals surface area contributed by atoms with Gasteiger partial charge in [0.05, 0.1) is 29.1 Å². The summed E-state index contributed by atoms with van der Waals surface area (Å²) in [5.74, 6) is -1.45. The lowest BCUT2D eigenvalue weighted by Gasteiger charge is -2.37. The number of anilines is 1. The summed E-state index contributed by atoms with van der Waals surface area (Å²) in [6, 6.07) is 10.5. The van der Waals surface area contributed by atoms with Crippen molar-refractivity contribution >= 4 is 28.1 Å². The second kappa shape index (κ2) is 9.40. The van der Waals surface area contributed by atoms with Crippen molar-refractivity contribution < 1.29 is 28.2 Å². The highest BCUT2D eigenvalue weighted by Gasteiger charge is 2.31. The molecule has 2 aromatic carbocycles. The molecular formula is C23H28FN3O5S. The average molecular weight is 478 g/mol. The Bertz CT molecular complexity index is 1070. The van der Waals surface area contributed by atoms with Gasteiger partial charge in [0.2, 0.25) is 11.8 Å². The van der Waals surface area contributed by atoms with Gasteiger partial charge in [-0.15, -0.1) is 0 Å². The van der Waals surface area contributed by atoms with Crippen molar-refractivity contribution in [3.05, 3.63) is 59.4 Å². The van der Waals surface area contributed by atoms with Crippen molar-refractivity contribution in [2.24, 2.45) is 0 Å². The zero-order valence-corrected chi connectivity index (χ0v) is 19.1. The van der Waals surface area contributed by atoms with Gasteiger partial charge in [-0.1, -0.05) is 18.2 Å². The molecule has 0 spiro atoms. The van der Waals surface area contributed by atoms with Crippen molar-refractivity contribution in [3.63, 3.8) is 0 Å². The van der Waals surface area contributed by atoms with E-state index in [2.05, 4.69) is 10.2 Å². The number of aliphatic hydroxyl groups excluding tert-OH is 1. The minimum Gasteiger partial charge on any atom is -0.392 e. The van der Waals surface area contributed by atoms with Gasteiger partial charge in [0.25, 0.3) is 0 Å². The second-order valence-electron chi connectivity index (χ2n) is 8.64. The van der Waals surface area contributed by atoms with Gasteiger partial charge in [0, 0.05) is 26.7 Å². The molecule has 2 aromatic rings. The largest absolute Gasteiger partial charge is 0.392 e. The molecule has 2 amide bonds. The van der Waals surface area contributed by atoms with E-state index in [-0.39, 0.29) is 28.8 Å². The Hall–Kier alpha value is -2.50. The smallest absolute Gasteiger partial charge is 0.244 e. The van der Waals surface area contributed by atoms with Crippen molar-refractivity contribution in [3.8, 4) is 0 Å². The second-order valence-corrected chi connectivity index (χ2v) is 10.7. The Morgan fingerprint density at radius 3 is 2.79 bits per heavy atom. The summed E-state index contributed by atoms with van der Waals surface area (Å²) in [6.45, 7) is 1.67. The third-order valence-corrected chi connectivity index (χ3v) is 7.86. The summed E-state index contributed by atoms with van der Waals surface area (Å²) in [5, 5.41) is 12.5. The number of hydrogen-bond acceptors (Lipinski definition) is 6. The van der Waals surface area contributed by atoms with E-state index in [1.165, 1.54) is 18.2 Å². The quantitative estimate of drug-likeness (QED) is 0.509. The van der Waals surface area contributed by atoms with E-state index in [9.17, 15) is 28.2 Å². The fourth-order valence-electron chi connectivity index (χ4n) is 4.38. The van der Waals surface area contributed by atoms with Crippen LogP contribution in [0.5, 0.6) is 0 Å². The molecule has 2 atom stereocenters. The topological polar surface area (TPSA) is 113 Å². The summed E-state index contributed by atoms with van der Waals surface area (Å²) >= 11 is 0. The Balaban J connectivity index is 1.54. The molecule has 1 fully saturated rings. The van der Waals surface area contributed by atoms with E-state index >= 15 is 0 Å². The molecule has 2 heterocycles. The Morgan fingerprint density at radius 2 is 2.09 bits per heavy atom. The van der Waals surface area contributed by atoms with Gasteiger partial charge in [0.1, 0.15) is 11.6 Å². The van der Waals surface area contributed by atoms with Gasteiger partial charge >= 0.3 is 0 Å². The maximum atomic E-state index is 13.9. The zero-order chi connectivity index (χ0) is 23.8. The molecule has 178 valence electrons. The molecule has 1 saturated heterocycles. The van der Waals surface area contributed by atoms with Crippen LogP contribution in [0.15, 0.2) is 47.4 Å². The van der Waals surface area contributed by atoms with Crippen LogP contribution in [0.4, 0.5) is 10.1 Å². The third-order valence-electron chi connectivity index (χ3n) is 6.13. The zero-order valence-electron chi connectivity index (χ0n) is 18.3. The van der Waals surface area contributed by atoms with Crippen LogP contribution in [0.3, 0.4) is 0 Å². The van der Waals surface area contributed by atoms with Gasteiger partial charge in [0.15, 0.2) is 0 Å². The van der Waals surface area contributed by atoms with Crippen LogP contribution < -0.4 is 5.32 Å². The number of carbonyl (C=O) groups is 2. The summed E-state index contributed by atoms with van der Waals surface area (Å²) in [7, 11) is -1.53. The van der Waals surface area contributed by atoms with E-state index in [0.717, 1.165) is 0 Å². The van der Waals surface area contributed by atoms with Crippen molar-refractivity contribution in [2.45, 2.75) is 29.9 Å².